The summed E-state index contributed by atoms with van der Waals surface area (Å²) >= 11 is 7.25. The van der Waals surface area contributed by atoms with Crippen molar-refractivity contribution in [3.05, 3.63) is 78.1 Å². The third-order valence-electron chi connectivity index (χ3n) is 3.58. The van der Waals surface area contributed by atoms with Crippen LogP contribution in [0.4, 0.5) is 0 Å². The number of hydrogen-bond donors (Lipinski definition) is 0. The van der Waals surface area contributed by atoms with Crippen LogP contribution >= 0.6 is 22.9 Å². The van der Waals surface area contributed by atoms with Crippen LogP contribution in [-0.4, -0.2) is 14.6 Å². The van der Waals surface area contributed by atoms with E-state index in [0.717, 1.165) is 21.4 Å². The summed E-state index contributed by atoms with van der Waals surface area (Å²) in [4.78, 5) is 28.1. The van der Waals surface area contributed by atoms with E-state index < -0.39 is 5.56 Å². The highest BCUT2D eigenvalue weighted by Crippen LogP contribution is 2.29. The number of furan rings is 1. The zero-order chi connectivity index (χ0) is 17.6. The monoisotopic (exact) mass is 371 g/mol. The molecule has 0 atom stereocenters. The van der Waals surface area contributed by atoms with Gasteiger partial charge in [0, 0.05) is 11.6 Å². The highest BCUT2D eigenvalue weighted by molar-refractivity contribution is 7.15. The minimum atomic E-state index is -0.438. The fourth-order valence-corrected chi connectivity index (χ4v) is 3.47. The van der Waals surface area contributed by atoms with Crippen LogP contribution in [0, 0.1) is 6.92 Å². The number of aromatic nitrogens is 3. The van der Waals surface area contributed by atoms with Crippen LogP contribution in [-0.2, 0) is 0 Å². The fraction of sp³-hybridized carbons (Fsp3) is 0.0588. The molecule has 6 nitrogen and oxygen atoms in total. The van der Waals surface area contributed by atoms with Crippen LogP contribution in [0.5, 0.6) is 0 Å². The smallest absolute Gasteiger partial charge is 0.295 e. The summed E-state index contributed by atoms with van der Waals surface area (Å²) in [5.74, 6) is 1.10. The molecular formula is C17H10ClN3O3S. The molecule has 124 valence electrons. The summed E-state index contributed by atoms with van der Waals surface area (Å²) < 4.78 is 7.28. The Kier molecular flexibility index (Phi) is 3.74. The molecule has 4 rings (SSSR count). The van der Waals surface area contributed by atoms with Crippen molar-refractivity contribution in [1.29, 1.82) is 0 Å². The SMILES string of the molecule is Cc1nn2c(=O)/c(=C/c3ccc(-c4ccccc4Cl)o3)sc2nc1=O. The molecule has 3 aromatic heterocycles. The number of hydrogen-bond acceptors (Lipinski definition) is 6. The maximum atomic E-state index is 12.4. The average Bonchev–Trinajstić information content (AvgIpc) is 3.16. The molecule has 0 saturated heterocycles. The van der Waals surface area contributed by atoms with Crippen LogP contribution < -0.4 is 15.7 Å². The Morgan fingerprint density at radius 1 is 1.20 bits per heavy atom. The summed E-state index contributed by atoms with van der Waals surface area (Å²) in [7, 11) is 0. The van der Waals surface area contributed by atoms with Crippen molar-refractivity contribution in [3.63, 3.8) is 0 Å². The summed E-state index contributed by atoms with van der Waals surface area (Å²) in [5.41, 5.74) is 0.169. The third-order valence-corrected chi connectivity index (χ3v) is 4.87. The Bertz CT molecular complexity index is 1270. The van der Waals surface area contributed by atoms with Gasteiger partial charge in [-0.2, -0.15) is 14.6 Å². The van der Waals surface area contributed by atoms with Gasteiger partial charge in [0.2, 0.25) is 4.96 Å². The van der Waals surface area contributed by atoms with Crippen molar-refractivity contribution < 1.29 is 4.42 Å². The maximum Gasteiger partial charge on any atom is 0.295 e. The van der Waals surface area contributed by atoms with E-state index in [-0.39, 0.29) is 16.2 Å². The molecule has 0 aliphatic carbocycles. The number of nitrogens with zero attached hydrogens (tertiary/aromatic N) is 3. The first-order valence-corrected chi connectivity index (χ1v) is 8.49. The van der Waals surface area contributed by atoms with E-state index in [1.165, 1.54) is 6.92 Å². The van der Waals surface area contributed by atoms with Crippen LogP contribution in [0.25, 0.3) is 22.4 Å². The summed E-state index contributed by atoms with van der Waals surface area (Å²) in [6, 6.07) is 10.9. The molecule has 0 amide bonds. The topological polar surface area (TPSA) is 77.5 Å². The number of aryl methyl sites for hydroxylation is 1. The van der Waals surface area contributed by atoms with Gasteiger partial charge in [-0.3, -0.25) is 9.59 Å². The molecule has 0 N–H and O–H groups in total. The van der Waals surface area contributed by atoms with Crippen molar-refractivity contribution >= 4 is 34.0 Å². The lowest BCUT2D eigenvalue weighted by Crippen LogP contribution is -2.27. The first-order valence-electron chi connectivity index (χ1n) is 7.30. The number of thiazole rings is 1. The lowest BCUT2D eigenvalue weighted by atomic mass is 10.2. The zero-order valence-electron chi connectivity index (χ0n) is 12.9. The van der Waals surface area contributed by atoms with E-state index in [1.807, 2.05) is 18.2 Å². The quantitative estimate of drug-likeness (QED) is 0.540. The number of fused-ring (bicyclic) bond motifs is 1. The van der Waals surface area contributed by atoms with E-state index in [1.54, 1.807) is 24.3 Å². The van der Waals surface area contributed by atoms with Crippen molar-refractivity contribution in [1.82, 2.24) is 14.6 Å². The first kappa shape index (κ1) is 15.7. The van der Waals surface area contributed by atoms with Gasteiger partial charge in [0.05, 0.1) is 5.02 Å². The van der Waals surface area contributed by atoms with Crippen LogP contribution in [0.15, 0.2) is 50.4 Å². The van der Waals surface area contributed by atoms with Gasteiger partial charge in [0.25, 0.3) is 11.1 Å². The second-order valence-electron chi connectivity index (χ2n) is 5.29. The first-order chi connectivity index (χ1) is 12.0. The van der Waals surface area contributed by atoms with E-state index in [9.17, 15) is 9.59 Å². The molecule has 0 aliphatic rings. The molecule has 0 radical (unpaired) electrons. The lowest BCUT2D eigenvalue weighted by molar-refractivity contribution is 0.571. The van der Waals surface area contributed by atoms with Crippen molar-refractivity contribution in [2.75, 3.05) is 0 Å². The van der Waals surface area contributed by atoms with Gasteiger partial charge in [-0.15, -0.1) is 0 Å². The van der Waals surface area contributed by atoms with Crippen molar-refractivity contribution in [2.45, 2.75) is 6.92 Å². The fourth-order valence-electron chi connectivity index (χ4n) is 2.35. The molecule has 4 aromatic rings. The van der Waals surface area contributed by atoms with E-state index in [0.29, 0.717) is 21.1 Å². The van der Waals surface area contributed by atoms with Crippen LogP contribution in [0.3, 0.4) is 0 Å². The van der Waals surface area contributed by atoms with Gasteiger partial charge in [0.15, 0.2) is 0 Å². The Balaban J connectivity index is 1.84. The van der Waals surface area contributed by atoms with Crippen molar-refractivity contribution in [2.24, 2.45) is 0 Å². The molecule has 0 fully saturated rings. The molecule has 25 heavy (non-hydrogen) atoms. The second kappa shape index (κ2) is 5.94. The summed E-state index contributed by atoms with van der Waals surface area (Å²) in [6.07, 6.45) is 1.60. The lowest BCUT2D eigenvalue weighted by Gasteiger charge is -1.98. The molecule has 0 spiro atoms. The van der Waals surface area contributed by atoms with Crippen LogP contribution in [0.1, 0.15) is 11.5 Å². The predicted octanol–water partition coefficient (Wildman–Crippen LogP) is 2.28. The number of rotatable bonds is 2. The van der Waals surface area contributed by atoms with Gasteiger partial charge >= 0.3 is 0 Å². The highest BCUT2D eigenvalue weighted by atomic mass is 35.5. The zero-order valence-corrected chi connectivity index (χ0v) is 14.5. The predicted molar refractivity (Wildman–Crippen MR) is 96.1 cm³/mol. The summed E-state index contributed by atoms with van der Waals surface area (Å²) in [6.45, 7) is 1.52. The minimum Gasteiger partial charge on any atom is -0.457 e. The van der Waals surface area contributed by atoms with E-state index >= 15 is 0 Å². The standard InChI is InChI=1S/C17H10ClN3O3S/c1-9-15(22)19-17-21(20-9)16(23)14(25-17)8-10-6-7-13(24-10)11-4-2-3-5-12(11)18/h2-8H,1H3/b14-8-. The molecular weight excluding hydrogens is 362 g/mol. The second-order valence-corrected chi connectivity index (χ2v) is 6.71. The van der Waals surface area contributed by atoms with Gasteiger partial charge in [0.1, 0.15) is 21.7 Å². The molecule has 0 saturated carbocycles. The number of halogens is 1. The maximum absolute atomic E-state index is 12.4. The molecule has 0 aliphatic heterocycles. The Labute approximate surface area is 149 Å². The molecule has 0 unspecified atom stereocenters. The van der Waals surface area contributed by atoms with Gasteiger partial charge < -0.3 is 4.42 Å². The Morgan fingerprint density at radius 3 is 2.80 bits per heavy atom. The van der Waals surface area contributed by atoms with E-state index in [4.69, 9.17) is 16.0 Å². The molecule has 0 bridgehead atoms. The van der Waals surface area contributed by atoms with Gasteiger partial charge in [-0.25, -0.2) is 0 Å². The van der Waals surface area contributed by atoms with Crippen molar-refractivity contribution in [3.8, 4) is 11.3 Å². The van der Waals surface area contributed by atoms with Gasteiger partial charge in [-0.05, 0) is 31.2 Å². The van der Waals surface area contributed by atoms with Gasteiger partial charge in [-0.1, -0.05) is 35.1 Å². The molecule has 3 heterocycles. The van der Waals surface area contributed by atoms with Crippen LogP contribution in [0.2, 0.25) is 5.02 Å². The largest absolute Gasteiger partial charge is 0.457 e. The normalized spacial score (nSPS) is 12.2. The third kappa shape index (κ3) is 2.77. The molecule has 8 heteroatoms. The van der Waals surface area contributed by atoms with E-state index in [2.05, 4.69) is 10.1 Å². The Morgan fingerprint density at radius 2 is 2.00 bits per heavy atom. The highest BCUT2D eigenvalue weighted by Gasteiger charge is 2.10. The molecule has 1 aromatic carbocycles. The average molecular weight is 372 g/mol. The Hall–Kier alpha value is -2.77. The minimum absolute atomic E-state index is 0.179. The number of benzene rings is 1. The summed E-state index contributed by atoms with van der Waals surface area (Å²) in [5, 5.41) is 4.55.